The van der Waals surface area contributed by atoms with Gasteiger partial charge in [0.1, 0.15) is 0 Å². The van der Waals surface area contributed by atoms with Crippen LogP contribution in [-0.4, -0.2) is 23.0 Å². The molecule has 0 spiro atoms. The smallest absolute Gasteiger partial charge is 0.0682 e. The highest BCUT2D eigenvalue weighted by atomic mass is 16.5. The van der Waals surface area contributed by atoms with E-state index in [2.05, 4.69) is 22.8 Å². The van der Waals surface area contributed by atoms with Crippen molar-refractivity contribution in [3.8, 4) is 0 Å². The van der Waals surface area contributed by atoms with Gasteiger partial charge in [0, 0.05) is 25.1 Å². The van der Waals surface area contributed by atoms with Gasteiger partial charge >= 0.3 is 0 Å². The molecule has 0 amide bonds. The van der Waals surface area contributed by atoms with E-state index >= 15 is 0 Å². The van der Waals surface area contributed by atoms with Crippen LogP contribution in [0.25, 0.3) is 0 Å². The molecule has 1 aromatic heterocycles. The lowest BCUT2D eigenvalue weighted by atomic mass is 10.0. The van der Waals surface area contributed by atoms with E-state index in [9.17, 15) is 0 Å². The van der Waals surface area contributed by atoms with Crippen molar-refractivity contribution in [1.82, 2.24) is 9.78 Å². The second-order valence-electron chi connectivity index (χ2n) is 4.57. The van der Waals surface area contributed by atoms with Gasteiger partial charge in [0.25, 0.3) is 0 Å². The molecule has 90 valence electrons. The largest absolute Gasteiger partial charge is 0.381 e. The zero-order chi connectivity index (χ0) is 11.5. The standard InChI is InChI=1S/C12H21N3O/c1-3-5-15-12(9(2)13)7-11(14-15)10-4-6-16-8-10/h7,9-10H,3-6,8,13H2,1-2H3/t9-,10?/m0/s1. The van der Waals surface area contributed by atoms with Crippen molar-refractivity contribution < 1.29 is 4.74 Å². The van der Waals surface area contributed by atoms with Gasteiger partial charge in [-0.3, -0.25) is 4.68 Å². The molecule has 1 saturated heterocycles. The molecule has 0 aliphatic carbocycles. The van der Waals surface area contributed by atoms with Gasteiger partial charge in [0.05, 0.1) is 18.0 Å². The molecule has 1 aliphatic rings. The highest BCUT2D eigenvalue weighted by Gasteiger charge is 2.22. The summed E-state index contributed by atoms with van der Waals surface area (Å²) in [4.78, 5) is 0. The third kappa shape index (κ3) is 2.28. The molecule has 0 bridgehead atoms. The maximum atomic E-state index is 5.96. The number of nitrogens with zero attached hydrogens (tertiary/aromatic N) is 2. The van der Waals surface area contributed by atoms with Gasteiger partial charge in [-0.25, -0.2) is 0 Å². The normalized spacial score (nSPS) is 22.6. The van der Waals surface area contributed by atoms with Crippen LogP contribution in [0.5, 0.6) is 0 Å². The Hall–Kier alpha value is -0.870. The van der Waals surface area contributed by atoms with E-state index in [1.54, 1.807) is 0 Å². The Bertz CT molecular complexity index is 340. The number of hydrogen-bond donors (Lipinski definition) is 1. The van der Waals surface area contributed by atoms with E-state index in [1.807, 2.05) is 6.92 Å². The molecule has 2 atom stereocenters. The predicted octanol–water partition coefficient (Wildman–Crippen LogP) is 1.82. The van der Waals surface area contributed by atoms with Gasteiger partial charge in [0.2, 0.25) is 0 Å². The average Bonchev–Trinajstić information content (AvgIpc) is 2.83. The molecule has 1 aliphatic heterocycles. The van der Waals surface area contributed by atoms with Gasteiger partial charge in [-0.1, -0.05) is 6.92 Å². The first kappa shape index (κ1) is 11.6. The van der Waals surface area contributed by atoms with Crippen LogP contribution >= 0.6 is 0 Å². The lowest BCUT2D eigenvalue weighted by Gasteiger charge is -2.08. The van der Waals surface area contributed by atoms with E-state index in [0.29, 0.717) is 5.92 Å². The summed E-state index contributed by atoms with van der Waals surface area (Å²) in [6.45, 7) is 6.79. The summed E-state index contributed by atoms with van der Waals surface area (Å²) >= 11 is 0. The Morgan fingerprint density at radius 1 is 1.69 bits per heavy atom. The van der Waals surface area contributed by atoms with Crippen molar-refractivity contribution in [2.45, 2.75) is 45.2 Å². The maximum absolute atomic E-state index is 5.96. The van der Waals surface area contributed by atoms with Crippen molar-refractivity contribution in [3.63, 3.8) is 0 Å². The molecular formula is C12H21N3O. The van der Waals surface area contributed by atoms with E-state index in [0.717, 1.165) is 44.0 Å². The molecule has 2 rings (SSSR count). The summed E-state index contributed by atoms with van der Waals surface area (Å²) in [7, 11) is 0. The number of rotatable bonds is 4. The molecule has 16 heavy (non-hydrogen) atoms. The van der Waals surface area contributed by atoms with Crippen LogP contribution in [0.3, 0.4) is 0 Å². The third-order valence-corrected chi connectivity index (χ3v) is 3.08. The summed E-state index contributed by atoms with van der Waals surface area (Å²) in [5.74, 6) is 0.468. The molecule has 2 heterocycles. The van der Waals surface area contributed by atoms with Gasteiger partial charge in [0.15, 0.2) is 0 Å². The first-order valence-electron chi connectivity index (χ1n) is 6.13. The van der Waals surface area contributed by atoms with Crippen LogP contribution in [-0.2, 0) is 11.3 Å². The second kappa shape index (κ2) is 4.97. The molecule has 4 nitrogen and oxygen atoms in total. The number of nitrogens with two attached hydrogens (primary N) is 1. The van der Waals surface area contributed by atoms with Crippen LogP contribution in [0, 0.1) is 0 Å². The van der Waals surface area contributed by atoms with Crippen molar-refractivity contribution in [1.29, 1.82) is 0 Å². The highest BCUT2D eigenvalue weighted by molar-refractivity contribution is 5.18. The molecule has 4 heteroatoms. The fourth-order valence-corrected chi connectivity index (χ4v) is 2.18. The molecule has 1 unspecified atom stereocenters. The van der Waals surface area contributed by atoms with Gasteiger partial charge < -0.3 is 10.5 Å². The lowest BCUT2D eigenvalue weighted by Crippen LogP contribution is -2.13. The Labute approximate surface area is 96.8 Å². The average molecular weight is 223 g/mol. The summed E-state index contributed by atoms with van der Waals surface area (Å²) in [5, 5.41) is 4.66. The Morgan fingerprint density at radius 2 is 2.50 bits per heavy atom. The molecule has 2 N–H and O–H groups in total. The molecular weight excluding hydrogens is 202 g/mol. The molecule has 1 fully saturated rings. The van der Waals surface area contributed by atoms with Crippen LogP contribution < -0.4 is 5.73 Å². The van der Waals surface area contributed by atoms with Crippen molar-refractivity contribution in [2.24, 2.45) is 5.73 Å². The van der Waals surface area contributed by atoms with E-state index in [4.69, 9.17) is 10.5 Å². The fourth-order valence-electron chi connectivity index (χ4n) is 2.18. The van der Waals surface area contributed by atoms with Crippen molar-refractivity contribution in [3.05, 3.63) is 17.5 Å². The van der Waals surface area contributed by atoms with Gasteiger partial charge in [-0.05, 0) is 25.8 Å². The first-order chi connectivity index (χ1) is 7.72. The number of aromatic nitrogens is 2. The van der Waals surface area contributed by atoms with Crippen molar-refractivity contribution >= 4 is 0 Å². The Kier molecular flexibility index (Phi) is 3.61. The lowest BCUT2D eigenvalue weighted by molar-refractivity contribution is 0.193. The number of ether oxygens (including phenoxy) is 1. The summed E-state index contributed by atoms with van der Waals surface area (Å²) in [5.41, 5.74) is 8.26. The van der Waals surface area contributed by atoms with E-state index in [1.165, 1.54) is 0 Å². The van der Waals surface area contributed by atoms with Crippen LogP contribution in [0.2, 0.25) is 0 Å². The quantitative estimate of drug-likeness (QED) is 0.847. The number of aryl methyl sites for hydroxylation is 1. The Balaban J connectivity index is 2.22. The predicted molar refractivity (Wildman–Crippen MR) is 63.3 cm³/mol. The van der Waals surface area contributed by atoms with Gasteiger partial charge in [-0.2, -0.15) is 5.10 Å². The van der Waals surface area contributed by atoms with Gasteiger partial charge in [-0.15, -0.1) is 0 Å². The monoisotopic (exact) mass is 223 g/mol. The van der Waals surface area contributed by atoms with Crippen molar-refractivity contribution in [2.75, 3.05) is 13.2 Å². The fraction of sp³-hybridized carbons (Fsp3) is 0.750. The first-order valence-corrected chi connectivity index (χ1v) is 6.13. The molecule has 0 radical (unpaired) electrons. The molecule has 0 saturated carbocycles. The van der Waals surface area contributed by atoms with E-state index < -0.39 is 0 Å². The zero-order valence-electron chi connectivity index (χ0n) is 10.1. The minimum atomic E-state index is 0.0510. The van der Waals surface area contributed by atoms with Crippen LogP contribution in [0.1, 0.15) is 50.0 Å². The molecule has 0 aromatic carbocycles. The summed E-state index contributed by atoms with van der Waals surface area (Å²) < 4.78 is 7.45. The highest BCUT2D eigenvalue weighted by Crippen LogP contribution is 2.26. The zero-order valence-corrected chi connectivity index (χ0v) is 10.1. The van der Waals surface area contributed by atoms with Crippen LogP contribution in [0.4, 0.5) is 0 Å². The van der Waals surface area contributed by atoms with E-state index in [-0.39, 0.29) is 6.04 Å². The summed E-state index contributed by atoms with van der Waals surface area (Å²) in [6, 6.07) is 2.20. The minimum absolute atomic E-state index is 0.0510. The summed E-state index contributed by atoms with van der Waals surface area (Å²) in [6.07, 6.45) is 2.17. The maximum Gasteiger partial charge on any atom is 0.0682 e. The molecule has 1 aromatic rings. The SMILES string of the molecule is CCCn1nc(C2CCOC2)cc1[C@H](C)N. The second-order valence-corrected chi connectivity index (χ2v) is 4.57. The third-order valence-electron chi connectivity index (χ3n) is 3.08. The number of hydrogen-bond acceptors (Lipinski definition) is 3. The topological polar surface area (TPSA) is 53.1 Å². The minimum Gasteiger partial charge on any atom is -0.381 e. The van der Waals surface area contributed by atoms with Crippen LogP contribution in [0.15, 0.2) is 6.07 Å². The Morgan fingerprint density at radius 3 is 3.06 bits per heavy atom.